The van der Waals surface area contributed by atoms with Gasteiger partial charge in [-0.1, -0.05) is 91.0 Å². The molecule has 1 aliphatic rings. The topological polar surface area (TPSA) is 67.9 Å². The zero-order valence-corrected chi connectivity index (χ0v) is 17.7. The molecule has 0 radical (unpaired) electrons. The highest BCUT2D eigenvalue weighted by Crippen LogP contribution is 2.20. The summed E-state index contributed by atoms with van der Waals surface area (Å²) in [7, 11) is 0. The van der Waals surface area contributed by atoms with Crippen molar-refractivity contribution in [1.29, 1.82) is 0 Å². The third-order valence-corrected chi connectivity index (χ3v) is 5.36. The molecule has 0 spiro atoms. The average Bonchev–Trinajstić information content (AvgIpc) is 2.83. The van der Waals surface area contributed by atoms with Gasteiger partial charge in [0.2, 0.25) is 5.91 Å². The van der Waals surface area contributed by atoms with Gasteiger partial charge in [-0.15, -0.1) is 0 Å². The van der Waals surface area contributed by atoms with Crippen LogP contribution in [-0.4, -0.2) is 35.6 Å². The van der Waals surface area contributed by atoms with Gasteiger partial charge < -0.3 is 14.8 Å². The van der Waals surface area contributed by atoms with Crippen molar-refractivity contribution >= 4 is 12.0 Å². The molecule has 1 heterocycles. The van der Waals surface area contributed by atoms with Gasteiger partial charge in [0.25, 0.3) is 0 Å². The fourth-order valence-corrected chi connectivity index (χ4v) is 3.66. The Morgan fingerprint density at radius 2 is 1.31 bits per heavy atom. The second kappa shape index (κ2) is 10.6. The smallest absolute Gasteiger partial charge is 0.411 e. The van der Waals surface area contributed by atoms with Crippen LogP contribution < -0.4 is 5.32 Å². The largest absolute Gasteiger partial charge is 0.445 e. The molecule has 0 aromatic heterocycles. The molecule has 0 unspecified atom stereocenters. The van der Waals surface area contributed by atoms with Crippen LogP contribution in [0.1, 0.15) is 16.7 Å². The van der Waals surface area contributed by atoms with E-state index in [1.54, 1.807) is 0 Å². The van der Waals surface area contributed by atoms with Gasteiger partial charge in [0.15, 0.2) is 0 Å². The van der Waals surface area contributed by atoms with Crippen molar-refractivity contribution in [2.24, 2.45) is 0 Å². The highest BCUT2D eigenvalue weighted by molar-refractivity contribution is 5.92. The minimum Gasteiger partial charge on any atom is -0.445 e. The Kier molecular flexibility index (Phi) is 7.15. The number of rotatable bonds is 9. The van der Waals surface area contributed by atoms with Crippen molar-refractivity contribution in [3.05, 3.63) is 108 Å². The van der Waals surface area contributed by atoms with Crippen LogP contribution in [0.25, 0.3) is 0 Å². The van der Waals surface area contributed by atoms with Gasteiger partial charge in [-0.2, -0.15) is 0 Å². The summed E-state index contributed by atoms with van der Waals surface area (Å²) >= 11 is 0. The number of amides is 2. The van der Waals surface area contributed by atoms with Crippen molar-refractivity contribution in [3.8, 4) is 0 Å². The molecule has 6 nitrogen and oxygen atoms in total. The molecular weight excluding hydrogens is 404 g/mol. The standard InChI is InChI=1S/C26H26N2O4/c29-25-24(23(27-25)19-31-17-21-12-6-2-7-13-21)28(16-20-10-4-1-5-11-20)26(30)32-18-22-14-8-3-9-15-22/h1-15,23-24H,16-19H2,(H,27,29)/t23-,24-/m1/s1. The molecular formula is C26H26N2O4. The minimum atomic E-state index is -0.644. The highest BCUT2D eigenvalue weighted by Gasteiger charge is 2.46. The van der Waals surface area contributed by atoms with Gasteiger partial charge in [0, 0.05) is 6.54 Å². The number of carbonyl (C=O) groups excluding carboxylic acids is 2. The molecule has 1 aliphatic heterocycles. The first-order chi connectivity index (χ1) is 15.7. The lowest BCUT2D eigenvalue weighted by Gasteiger charge is -2.42. The van der Waals surface area contributed by atoms with E-state index in [-0.39, 0.29) is 25.1 Å². The van der Waals surface area contributed by atoms with Gasteiger partial charge in [-0.05, 0) is 16.7 Å². The lowest BCUT2D eigenvalue weighted by atomic mass is 9.97. The van der Waals surface area contributed by atoms with Crippen LogP contribution in [0.4, 0.5) is 4.79 Å². The van der Waals surface area contributed by atoms with Gasteiger partial charge in [-0.3, -0.25) is 9.69 Å². The fourth-order valence-electron chi connectivity index (χ4n) is 3.66. The number of β-lactam (4-membered cyclic amide) rings is 1. The Bertz CT molecular complexity index is 1010. The van der Waals surface area contributed by atoms with Gasteiger partial charge in [0.1, 0.15) is 12.6 Å². The summed E-state index contributed by atoms with van der Waals surface area (Å²) in [6.07, 6.45) is -0.523. The van der Waals surface area contributed by atoms with E-state index in [2.05, 4.69) is 5.32 Å². The first kappa shape index (κ1) is 21.6. The average molecular weight is 431 g/mol. The molecule has 2 atom stereocenters. The van der Waals surface area contributed by atoms with Crippen molar-refractivity contribution in [2.75, 3.05) is 6.61 Å². The molecule has 3 aromatic rings. The lowest BCUT2D eigenvalue weighted by molar-refractivity contribution is -0.139. The van der Waals surface area contributed by atoms with Gasteiger partial charge in [-0.25, -0.2) is 4.79 Å². The monoisotopic (exact) mass is 430 g/mol. The third-order valence-electron chi connectivity index (χ3n) is 5.36. The Morgan fingerprint density at radius 1 is 0.781 bits per heavy atom. The number of nitrogens with one attached hydrogen (secondary N) is 1. The molecule has 3 aromatic carbocycles. The predicted molar refractivity (Wildman–Crippen MR) is 120 cm³/mol. The second-order valence-electron chi connectivity index (χ2n) is 7.71. The van der Waals surface area contributed by atoms with E-state index < -0.39 is 12.1 Å². The number of nitrogens with zero attached hydrogens (tertiary/aromatic N) is 1. The summed E-state index contributed by atoms with van der Waals surface area (Å²) < 4.78 is 11.4. The van der Waals surface area contributed by atoms with E-state index in [0.717, 1.165) is 16.7 Å². The first-order valence-electron chi connectivity index (χ1n) is 10.6. The van der Waals surface area contributed by atoms with Crippen LogP contribution in [0.2, 0.25) is 0 Å². The van der Waals surface area contributed by atoms with Crippen LogP contribution in [0.5, 0.6) is 0 Å². The van der Waals surface area contributed by atoms with Crippen LogP contribution in [0.15, 0.2) is 91.0 Å². The van der Waals surface area contributed by atoms with E-state index >= 15 is 0 Å². The molecule has 0 aliphatic carbocycles. The fraction of sp³-hybridized carbons (Fsp3) is 0.231. The van der Waals surface area contributed by atoms with Crippen LogP contribution in [0.3, 0.4) is 0 Å². The van der Waals surface area contributed by atoms with Crippen molar-refractivity contribution in [2.45, 2.75) is 31.8 Å². The van der Waals surface area contributed by atoms with E-state index in [0.29, 0.717) is 13.2 Å². The summed E-state index contributed by atoms with van der Waals surface area (Å²) in [5.41, 5.74) is 2.87. The molecule has 6 heteroatoms. The second-order valence-corrected chi connectivity index (χ2v) is 7.71. The maximum Gasteiger partial charge on any atom is 0.411 e. The van der Waals surface area contributed by atoms with E-state index in [4.69, 9.17) is 9.47 Å². The van der Waals surface area contributed by atoms with Crippen LogP contribution >= 0.6 is 0 Å². The number of hydrogen-bond acceptors (Lipinski definition) is 4. The van der Waals surface area contributed by atoms with Crippen molar-refractivity contribution in [1.82, 2.24) is 10.2 Å². The first-order valence-corrected chi connectivity index (χ1v) is 10.6. The summed E-state index contributed by atoms with van der Waals surface area (Å²) in [5, 5.41) is 2.86. The van der Waals surface area contributed by atoms with Crippen LogP contribution in [-0.2, 0) is 34.0 Å². The number of hydrogen-bond donors (Lipinski definition) is 1. The zero-order valence-electron chi connectivity index (χ0n) is 17.7. The SMILES string of the molecule is O=C1N[C@H](COCc2ccccc2)[C@H]1N(Cc1ccccc1)C(=O)OCc1ccccc1. The van der Waals surface area contributed by atoms with Crippen LogP contribution in [0, 0.1) is 0 Å². The quantitative estimate of drug-likeness (QED) is 0.523. The Morgan fingerprint density at radius 3 is 1.88 bits per heavy atom. The third kappa shape index (κ3) is 5.53. The summed E-state index contributed by atoms with van der Waals surface area (Å²) in [4.78, 5) is 27.0. The molecule has 1 N–H and O–H groups in total. The van der Waals surface area contributed by atoms with Gasteiger partial charge in [0.05, 0.1) is 19.3 Å². The predicted octanol–water partition coefficient (Wildman–Crippen LogP) is 3.91. The summed E-state index contributed by atoms with van der Waals surface area (Å²) in [6.45, 7) is 1.18. The Balaban J connectivity index is 1.42. The summed E-state index contributed by atoms with van der Waals surface area (Å²) in [6, 6.07) is 28.0. The molecule has 4 rings (SSSR count). The lowest BCUT2D eigenvalue weighted by Crippen LogP contribution is -2.71. The number of ether oxygens (including phenoxy) is 2. The molecule has 0 saturated carbocycles. The van der Waals surface area contributed by atoms with Gasteiger partial charge >= 0.3 is 6.09 Å². The summed E-state index contributed by atoms with van der Waals surface area (Å²) in [5.74, 6) is -0.203. The molecule has 164 valence electrons. The molecule has 2 amide bonds. The maximum atomic E-state index is 13.0. The molecule has 32 heavy (non-hydrogen) atoms. The zero-order chi connectivity index (χ0) is 22.2. The minimum absolute atomic E-state index is 0.147. The number of benzene rings is 3. The van der Waals surface area contributed by atoms with E-state index in [1.165, 1.54) is 4.90 Å². The molecule has 0 bridgehead atoms. The normalized spacial score (nSPS) is 17.2. The number of carbonyl (C=O) groups is 2. The van der Waals surface area contributed by atoms with Crippen molar-refractivity contribution in [3.63, 3.8) is 0 Å². The van der Waals surface area contributed by atoms with E-state index in [1.807, 2.05) is 91.0 Å². The van der Waals surface area contributed by atoms with E-state index in [9.17, 15) is 9.59 Å². The maximum absolute atomic E-state index is 13.0. The Hall–Kier alpha value is -3.64. The Labute approximate surface area is 187 Å². The molecule has 1 saturated heterocycles. The van der Waals surface area contributed by atoms with Crippen molar-refractivity contribution < 1.29 is 19.1 Å². The molecule has 1 fully saturated rings. The highest BCUT2D eigenvalue weighted by atomic mass is 16.6.